The van der Waals surface area contributed by atoms with Crippen LogP contribution >= 0.6 is 0 Å². The van der Waals surface area contributed by atoms with E-state index in [2.05, 4.69) is 9.98 Å². The van der Waals surface area contributed by atoms with Gasteiger partial charge in [0.15, 0.2) is 5.37 Å². The van der Waals surface area contributed by atoms with E-state index in [1.54, 1.807) is 23.8 Å². The lowest BCUT2D eigenvalue weighted by Gasteiger charge is -1.79. The fourth-order valence-corrected chi connectivity index (χ4v) is 1.45. The molecular formula is C7H5N2S+. The maximum absolute atomic E-state index is 4.06. The van der Waals surface area contributed by atoms with E-state index in [9.17, 15) is 0 Å². The molecule has 2 heterocycles. The van der Waals surface area contributed by atoms with Gasteiger partial charge in [-0.25, -0.2) is 9.98 Å². The van der Waals surface area contributed by atoms with E-state index in [4.69, 9.17) is 0 Å². The maximum atomic E-state index is 4.06. The first kappa shape index (κ1) is 5.68. The minimum atomic E-state index is 0.829. The van der Waals surface area contributed by atoms with Crippen LogP contribution in [0.4, 0.5) is 0 Å². The van der Waals surface area contributed by atoms with Gasteiger partial charge in [-0.3, -0.25) is 0 Å². The fourth-order valence-electron chi connectivity index (χ4n) is 0.774. The quantitative estimate of drug-likeness (QED) is 0.359. The van der Waals surface area contributed by atoms with Crippen molar-refractivity contribution in [2.75, 3.05) is 0 Å². The van der Waals surface area contributed by atoms with Gasteiger partial charge in [0, 0.05) is 24.6 Å². The molecule has 0 amide bonds. The van der Waals surface area contributed by atoms with Crippen molar-refractivity contribution in [2.45, 2.75) is 0 Å². The van der Waals surface area contributed by atoms with Gasteiger partial charge in [0.2, 0.25) is 17.2 Å². The zero-order valence-corrected chi connectivity index (χ0v) is 6.01. The lowest BCUT2D eigenvalue weighted by Crippen LogP contribution is -1.75. The summed E-state index contributed by atoms with van der Waals surface area (Å²) < 4.78 is 0. The van der Waals surface area contributed by atoms with Crippen molar-refractivity contribution in [1.82, 2.24) is 0 Å². The second-order valence-electron chi connectivity index (χ2n) is 1.86. The number of allylic oxidation sites excluding steroid dienone is 2. The average molecular weight is 149 g/mol. The predicted octanol–water partition coefficient (Wildman–Crippen LogP) is 0.765. The number of nitrogens with zero attached hydrogens (tertiary/aromatic N) is 2. The third-order valence-electron chi connectivity index (χ3n) is 1.20. The van der Waals surface area contributed by atoms with E-state index >= 15 is 0 Å². The van der Waals surface area contributed by atoms with E-state index in [-0.39, 0.29) is 0 Å². The molecule has 0 aromatic carbocycles. The highest BCUT2D eigenvalue weighted by atomic mass is 32.1. The van der Waals surface area contributed by atoms with Crippen molar-refractivity contribution < 1.29 is 0 Å². The zero-order valence-electron chi connectivity index (χ0n) is 5.19. The predicted molar refractivity (Wildman–Crippen MR) is 46.6 cm³/mol. The average Bonchev–Trinajstić information content (AvgIpc) is 2.59. The molecule has 0 unspecified atom stereocenters. The number of hydrogen-bond acceptors (Lipinski definition) is 2. The van der Waals surface area contributed by atoms with Crippen LogP contribution < -0.4 is 0 Å². The second kappa shape index (κ2) is 2.27. The summed E-state index contributed by atoms with van der Waals surface area (Å²) in [6.45, 7) is 0. The fraction of sp³-hybridized carbons (Fsp3) is 0. The highest BCUT2D eigenvalue weighted by Crippen LogP contribution is 2.12. The van der Waals surface area contributed by atoms with Crippen LogP contribution in [0.1, 0.15) is 0 Å². The number of rotatable bonds is 0. The van der Waals surface area contributed by atoms with Crippen molar-refractivity contribution >= 4 is 29.1 Å². The molecule has 3 heteroatoms. The molecule has 2 aliphatic rings. The Kier molecular flexibility index (Phi) is 1.29. The van der Waals surface area contributed by atoms with E-state index in [1.807, 2.05) is 17.5 Å². The molecule has 0 fully saturated rings. The molecule has 0 atom stereocenters. The molecule has 0 saturated heterocycles. The minimum Gasteiger partial charge on any atom is -0.231 e. The molecule has 0 aromatic rings. The van der Waals surface area contributed by atoms with E-state index < -0.39 is 0 Å². The summed E-state index contributed by atoms with van der Waals surface area (Å²) in [5.41, 5.74) is 0. The van der Waals surface area contributed by atoms with Crippen LogP contribution in [0.5, 0.6) is 0 Å². The van der Waals surface area contributed by atoms with Crippen molar-refractivity contribution in [1.29, 1.82) is 0 Å². The highest BCUT2D eigenvalue weighted by molar-refractivity contribution is 7.82. The summed E-state index contributed by atoms with van der Waals surface area (Å²) >= 11 is 1.66. The van der Waals surface area contributed by atoms with Crippen molar-refractivity contribution in [2.24, 2.45) is 9.98 Å². The van der Waals surface area contributed by atoms with Crippen molar-refractivity contribution in [3.05, 3.63) is 22.9 Å². The van der Waals surface area contributed by atoms with Crippen LogP contribution in [0, 0.1) is 0 Å². The molecule has 0 spiro atoms. The summed E-state index contributed by atoms with van der Waals surface area (Å²) in [6.07, 6.45) is 7.42. The Hall–Kier alpha value is -1.09. The van der Waals surface area contributed by atoms with Gasteiger partial charge in [-0.05, 0) is 0 Å². The molecule has 0 bridgehead atoms. The largest absolute Gasteiger partial charge is 0.275 e. The first-order chi connectivity index (χ1) is 4.97. The normalized spacial score (nSPS) is 20.0. The van der Waals surface area contributed by atoms with Gasteiger partial charge < -0.3 is 0 Å². The lowest BCUT2D eigenvalue weighted by atomic mass is 10.5. The standard InChI is InChI=1S/C7H5N2S/c1-2-6(10-5-1)7-8-3-4-9-7/h1-5H/q+1. The highest BCUT2D eigenvalue weighted by Gasteiger charge is 2.15. The van der Waals surface area contributed by atoms with Crippen LogP contribution in [0.25, 0.3) is 0 Å². The third-order valence-corrected chi connectivity index (χ3v) is 2.07. The molecule has 10 heavy (non-hydrogen) atoms. The monoisotopic (exact) mass is 149 g/mol. The maximum Gasteiger partial charge on any atom is 0.275 e. The summed E-state index contributed by atoms with van der Waals surface area (Å²) in [5, 5.41) is 2.02. The molecule has 0 aliphatic carbocycles. The lowest BCUT2D eigenvalue weighted by molar-refractivity contribution is 1.28. The van der Waals surface area contributed by atoms with Gasteiger partial charge in [0.1, 0.15) is 0 Å². The Balaban J connectivity index is 2.46. The Labute approximate surface area is 62.7 Å². The molecule has 2 rings (SSSR count). The second-order valence-corrected chi connectivity index (χ2v) is 2.80. The Morgan fingerprint density at radius 2 is 2.00 bits per heavy atom. The van der Waals surface area contributed by atoms with Crippen molar-refractivity contribution in [3.63, 3.8) is 0 Å². The SMILES string of the molecule is C1=CC(=C2N=CC=N2)[S+]=C1. The van der Waals surface area contributed by atoms with Gasteiger partial charge in [0.25, 0.3) is 4.91 Å². The number of aliphatic imine (C=N–C) groups is 2. The molecular weight excluding hydrogens is 144 g/mol. The van der Waals surface area contributed by atoms with Crippen LogP contribution in [0.3, 0.4) is 0 Å². The Bertz CT molecular complexity index is 237. The molecule has 0 N–H and O–H groups in total. The van der Waals surface area contributed by atoms with Crippen LogP contribution in [-0.2, 0) is 11.4 Å². The van der Waals surface area contributed by atoms with Crippen LogP contribution in [0.2, 0.25) is 0 Å². The van der Waals surface area contributed by atoms with Gasteiger partial charge in [-0.1, -0.05) is 0 Å². The van der Waals surface area contributed by atoms with Crippen LogP contribution in [0.15, 0.2) is 32.9 Å². The van der Waals surface area contributed by atoms with Gasteiger partial charge in [-0.15, -0.1) is 0 Å². The minimum absolute atomic E-state index is 0.829. The summed E-state index contributed by atoms with van der Waals surface area (Å²) in [7, 11) is 0. The van der Waals surface area contributed by atoms with E-state index in [0.717, 1.165) is 10.7 Å². The van der Waals surface area contributed by atoms with Crippen LogP contribution in [-0.4, -0.2) is 17.8 Å². The first-order valence-electron chi connectivity index (χ1n) is 2.94. The Morgan fingerprint density at radius 3 is 2.60 bits per heavy atom. The smallest absolute Gasteiger partial charge is 0.231 e. The molecule has 0 saturated carbocycles. The van der Waals surface area contributed by atoms with E-state index in [0.29, 0.717) is 0 Å². The van der Waals surface area contributed by atoms with Gasteiger partial charge in [0.05, 0.1) is 0 Å². The Morgan fingerprint density at radius 1 is 1.20 bits per heavy atom. The van der Waals surface area contributed by atoms with Gasteiger partial charge >= 0.3 is 0 Å². The molecule has 2 aliphatic heterocycles. The topological polar surface area (TPSA) is 24.7 Å². The van der Waals surface area contributed by atoms with Crippen molar-refractivity contribution in [3.8, 4) is 0 Å². The number of hydrogen-bond donors (Lipinski definition) is 0. The van der Waals surface area contributed by atoms with Gasteiger partial charge in [-0.2, -0.15) is 0 Å². The first-order valence-corrected chi connectivity index (χ1v) is 3.82. The van der Waals surface area contributed by atoms with E-state index in [1.165, 1.54) is 0 Å². The molecule has 0 radical (unpaired) electrons. The molecule has 2 nitrogen and oxygen atoms in total. The summed E-state index contributed by atoms with van der Waals surface area (Å²) in [4.78, 5) is 9.25. The third kappa shape index (κ3) is 0.844. The summed E-state index contributed by atoms with van der Waals surface area (Å²) in [5.74, 6) is 0.829. The molecule has 0 aromatic heterocycles. The molecule has 48 valence electrons. The summed E-state index contributed by atoms with van der Waals surface area (Å²) in [6, 6.07) is 0. The zero-order chi connectivity index (χ0) is 6.81.